The number of phenols is 4. The van der Waals surface area contributed by atoms with Gasteiger partial charge in [-0.2, -0.15) is 0 Å². The fourth-order valence-corrected chi connectivity index (χ4v) is 3.89. The lowest BCUT2D eigenvalue weighted by molar-refractivity contribution is -0.131. The third-order valence-corrected chi connectivity index (χ3v) is 6.29. The highest BCUT2D eigenvalue weighted by molar-refractivity contribution is 5.76. The van der Waals surface area contributed by atoms with Crippen molar-refractivity contribution >= 4 is 11.8 Å². The summed E-state index contributed by atoms with van der Waals surface area (Å²) >= 11 is 0. The van der Waals surface area contributed by atoms with E-state index in [0.717, 1.165) is 56.3 Å². The molecule has 0 unspecified atom stereocenters. The second-order valence-corrected chi connectivity index (χ2v) is 9.68. The molecule has 2 aromatic carbocycles. The van der Waals surface area contributed by atoms with E-state index in [1.807, 2.05) is 11.9 Å². The maximum atomic E-state index is 12.3. The van der Waals surface area contributed by atoms with Gasteiger partial charge in [0.1, 0.15) is 0 Å². The largest absolute Gasteiger partial charge is 0.504 e. The maximum absolute atomic E-state index is 12.3. The van der Waals surface area contributed by atoms with Crippen molar-refractivity contribution < 1.29 is 30.0 Å². The Morgan fingerprint density at radius 1 is 0.780 bits per heavy atom. The summed E-state index contributed by atoms with van der Waals surface area (Å²) < 4.78 is 0. The molecule has 0 aromatic heterocycles. The number of hydrogen-bond acceptors (Lipinski definition) is 8. The van der Waals surface area contributed by atoms with Gasteiger partial charge in [0.15, 0.2) is 23.0 Å². The van der Waals surface area contributed by atoms with E-state index in [1.54, 1.807) is 12.1 Å². The summed E-state index contributed by atoms with van der Waals surface area (Å²) in [5.41, 5.74) is 7.21. The van der Waals surface area contributed by atoms with Crippen LogP contribution in [0, 0.1) is 0 Å². The second-order valence-electron chi connectivity index (χ2n) is 9.68. The van der Waals surface area contributed by atoms with Crippen LogP contribution in [0.3, 0.4) is 0 Å². The molecule has 0 radical (unpaired) electrons. The van der Waals surface area contributed by atoms with Crippen molar-refractivity contribution in [1.29, 1.82) is 0 Å². The van der Waals surface area contributed by atoms with Gasteiger partial charge in [-0.3, -0.25) is 9.59 Å². The van der Waals surface area contributed by atoms with Gasteiger partial charge in [-0.05, 0) is 87.6 Å². The molecule has 10 nitrogen and oxygen atoms in total. The molecule has 41 heavy (non-hydrogen) atoms. The Morgan fingerprint density at radius 3 is 1.85 bits per heavy atom. The fraction of sp³-hybridized carbons (Fsp3) is 0.548. The Kier molecular flexibility index (Phi) is 20.3. The standard InChI is InChI=1S/C17H28N2O3.C13H20N2O3.CH4/c1-2-3-4-11-19(12-5-10-18)17(22)9-7-14-6-8-15(20)16(21)13-14;1-14-7-2-8-15-13(18)6-4-10-3-5-11(16)12(17)9-10;/h6,8,13,20-21H,2-5,7,9-12,18H2,1H3;3,5,9,14,16-17H,2,4,6-8H2,1H3,(H,15,18);1H4. The molecule has 0 aliphatic heterocycles. The summed E-state index contributed by atoms with van der Waals surface area (Å²) in [6.45, 7) is 5.77. The summed E-state index contributed by atoms with van der Waals surface area (Å²) in [4.78, 5) is 25.7. The first-order chi connectivity index (χ1) is 19.2. The summed E-state index contributed by atoms with van der Waals surface area (Å²) in [5, 5.41) is 43.1. The molecule has 0 bridgehead atoms. The van der Waals surface area contributed by atoms with Crippen LogP contribution in [0.4, 0.5) is 0 Å². The maximum Gasteiger partial charge on any atom is 0.222 e. The predicted octanol–water partition coefficient (Wildman–Crippen LogP) is 3.79. The lowest BCUT2D eigenvalue weighted by Gasteiger charge is -2.22. The molecule has 0 heterocycles. The van der Waals surface area contributed by atoms with E-state index in [2.05, 4.69) is 17.6 Å². The van der Waals surface area contributed by atoms with Crippen molar-refractivity contribution in [3.05, 3.63) is 47.5 Å². The summed E-state index contributed by atoms with van der Waals surface area (Å²) in [7, 11) is 1.87. The van der Waals surface area contributed by atoms with Crippen molar-refractivity contribution in [1.82, 2.24) is 15.5 Å². The third kappa shape index (κ3) is 16.4. The van der Waals surface area contributed by atoms with Crippen LogP contribution in [-0.4, -0.2) is 76.9 Å². The highest BCUT2D eigenvalue weighted by Gasteiger charge is 2.13. The first-order valence-corrected chi connectivity index (χ1v) is 14.1. The molecule has 2 rings (SSSR count). The SMILES string of the molecule is C.CCCCCN(CCCN)C(=O)CCc1ccc(O)c(O)c1.CNCCCNC(=O)CCc1ccc(O)c(O)c1. The van der Waals surface area contributed by atoms with Crippen LogP contribution in [0.2, 0.25) is 0 Å². The minimum absolute atomic E-state index is 0. The number of unbranched alkanes of at least 4 members (excludes halogenated alkanes) is 2. The van der Waals surface area contributed by atoms with Crippen LogP contribution in [0.25, 0.3) is 0 Å². The van der Waals surface area contributed by atoms with E-state index in [9.17, 15) is 24.9 Å². The molecule has 0 saturated heterocycles. The summed E-state index contributed by atoms with van der Waals surface area (Å²) in [6, 6.07) is 9.28. The third-order valence-electron chi connectivity index (χ3n) is 6.29. The van der Waals surface area contributed by atoms with Crippen LogP contribution in [0.1, 0.15) is 70.4 Å². The number of hydrogen-bond donors (Lipinski definition) is 7. The average Bonchev–Trinajstić information content (AvgIpc) is 2.94. The smallest absolute Gasteiger partial charge is 0.222 e. The first kappa shape index (κ1) is 37.5. The molecule has 10 heteroatoms. The number of aromatic hydroxyl groups is 4. The van der Waals surface area contributed by atoms with Crippen molar-refractivity contribution in [2.24, 2.45) is 5.73 Å². The normalized spacial score (nSPS) is 10.2. The minimum atomic E-state index is -0.151. The number of nitrogens with two attached hydrogens (primary N) is 1. The second kappa shape index (κ2) is 22.2. The number of nitrogens with zero attached hydrogens (tertiary/aromatic N) is 1. The Labute approximate surface area is 245 Å². The summed E-state index contributed by atoms with van der Waals surface area (Å²) in [5.74, 6) is -0.458. The van der Waals surface area contributed by atoms with Gasteiger partial charge >= 0.3 is 0 Å². The van der Waals surface area contributed by atoms with Crippen LogP contribution in [-0.2, 0) is 22.4 Å². The lowest BCUT2D eigenvalue weighted by atomic mass is 10.1. The predicted molar refractivity (Wildman–Crippen MR) is 164 cm³/mol. The molecule has 0 aliphatic carbocycles. The fourth-order valence-electron chi connectivity index (χ4n) is 3.89. The van der Waals surface area contributed by atoms with E-state index in [4.69, 9.17) is 10.8 Å². The topological polar surface area (TPSA) is 168 Å². The zero-order valence-corrected chi connectivity index (χ0v) is 24.0. The molecule has 0 fully saturated rings. The van der Waals surface area contributed by atoms with E-state index in [-0.39, 0.29) is 42.2 Å². The molecule has 0 aliphatic rings. The van der Waals surface area contributed by atoms with E-state index in [1.165, 1.54) is 24.3 Å². The summed E-state index contributed by atoms with van der Waals surface area (Å²) in [6.07, 6.45) is 6.88. The van der Waals surface area contributed by atoms with Gasteiger partial charge in [-0.1, -0.05) is 39.3 Å². The van der Waals surface area contributed by atoms with Gasteiger partial charge in [0, 0.05) is 32.5 Å². The molecular weight excluding hydrogens is 524 g/mol. The van der Waals surface area contributed by atoms with Gasteiger partial charge in [-0.25, -0.2) is 0 Å². The molecule has 8 N–H and O–H groups in total. The van der Waals surface area contributed by atoms with Gasteiger partial charge in [0.25, 0.3) is 0 Å². The van der Waals surface area contributed by atoms with Crippen LogP contribution in [0.5, 0.6) is 23.0 Å². The number of amides is 2. The number of aryl methyl sites for hydroxylation is 2. The van der Waals surface area contributed by atoms with E-state index < -0.39 is 0 Å². The van der Waals surface area contributed by atoms with Crippen molar-refractivity contribution in [3.8, 4) is 23.0 Å². The number of carbonyl (C=O) groups is 2. The number of phenolic OH excluding ortho intramolecular Hbond substituents is 4. The quantitative estimate of drug-likeness (QED) is 0.110. The highest BCUT2D eigenvalue weighted by Crippen LogP contribution is 2.26. The Hall–Kier alpha value is -3.50. The van der Waals surface area contributed by atoms with Gasteiger partial charge in [-0.15, -0.1) is 0 Å². The van der Waals surface area contributed by atoms with Gasteiger partial charge in [0.05, 0.1) is 0 Å². The van der Waals surface area contributed by atoms with Gasteiger partial charge in [0.2, 0.25) is 11.8 Å². The van der Waals surface area contributed by atoms with Crippen LogP contribution >= 0.6 is 0 Å². The Bertz CT molecular complexity index is 1020. The number of rotatable bonds is 17. The zero-order chi connectivity index (χ0) is 29.8. The molecular formula is C31H52N4O6. The van der Waals surface area contributed by atoms with Crippen molar-refractivity contribution in [2.75, 3.05) is 39.8 Å². The molecule has 232 valence electrons. The lowest BCUT2D eigenvalue weighted by Crippen LogP contribution is -2.34. The molecule has 0 saturated carbocycles. The number of benzene rings is 2. The van der Waals surface area contributed by atoms with Crippen molar-refractivity contribution in [3.63, 3.8) is 0 Å². The first-order valence-electron chi connectivity index (χ1n) is 14.1. The molecule has 2 amide bonds. The number of nitrogens with one attached hydrogen (secondary N) is 2. The van der Waals surface area contributed by atoms with E-state index in [0.29, 0.717) is 45.3 Å². The highest BCUT2D eigenvalue weighted by atomic mass is 16.3. The molecule has 0 atom stereocenters. The van der Waals surface area contributed by atoms with Crippen LogP contribution < -0.4 is 16.4 Å². The zero-order valence-electron chi connectivity index (χ0n) is 24.0. The van der Waals surface area contributed by atoms with E-state index >= 15 is 0 Å². The van der Waals surface area contributed by atoms with Crippen LogP contribution in [0.15, 0.2) is 36.4 Å². The monoisotopic (exact) mass is 576 g/mol. The molecule has 0 spiro atoms. The Morgan fingerprint density at radius 2 is 1.34 bits per heavy atom. The molecule has 2 aromatic rings. The Balaban J connectivity index is 0.000000776. The van der Waals surface area contributed by atoms with Gasteiger partial charge < -0.3 is 41.7 Å². The van der Waals surface area contributed by atoms with Crippen molar-refractivity contribution in [2.45, 2.75) is 72.1 Å². The minimum Gasteiger partial charge on any atom is -0.504 e. The average molecular weight is 577 g/mol. The number of carbonyl (C=O) groups excluding carboxylic acids is 2.